The number of amides is 1. The Morgan fingerprint density at radius 3 is 2.78 bits per heavy atom. The largest absolute Gasteiger partial charge is 0.481 e. The third-order valence-electron chi connectivity index (χ3n) is 3.92. The van der Waals surface area contributed by atoms with Crippen LogP contribution in [0, 0.1) is 5.92 Å². The summed E-state index contributed by atoms with van der Waals surface area (Å²) < 4.78 is 0. The van der Waals surface area contributed by atoms with E-state index in [9.17, 15) is 9.59 Å². The van der Waals surface area contributed by atoms with E-state index in [1.54, 1.807) is 11.0 Å². The van der Waals surface area contributed by atoms with Crippen LogP contribution in [-0.4, -0.2) is 44.2 Å². The molecule has 0 aromatic carbocycles. The van der Waals surface area contributed by atoms with Crippen molar-refractivity contribution in [2.24, 2.45) is 5.92 Å². The van der Waals surface area contributed by atoms with Gasteiger partial charge in [0.25, 0.3) is 5.91 Å². The number of carbonyl (C=O) groups is 2. The fourth-order valence-electron chi connectivity index (χ4n) is 3.14. The van der Waals surface area contributed by atoms with Crippen molar-refractivity contribution in [1.82, 2.24) is 15.1 Å². The molecule has 2 fully saturated rings. The Morgan fingerprint density at radius 2 is 2.17 bits per heavy atom. The molecule has 1 N–H and O–H groups in total. The summed E-state index contributed by atoms with van der Waals surface area (Å²) in [5, 5.41) is 16.5. The lowest BCUT2D eigenvalue weighted by molar-refractivity contribution is -0.142. The molecular weight excluding hydrogens is 234 g/mol. The van der Waals surface area contributed by atoms with Crippen molar-refractivity contribution in [3.63, 3.8) is 0 Å². The van der Waals surface area contributed by atoms with Crippen molar-refractivity contribution < 1.29 is 14.7 Å². The molecule has 0 radical (unpaired) electrons. The Balaban J connectivity index is 1.86. The van der Waals surface area contributed by atoms with Crippen LogP contribution >= 0.6 is 0 Å². The maximum Gasteiger partial charge on any atom is 0.308 e. The smallest absolute Gasteiger partial charge is 0.308 e. The second kappa shape index (κ2) is 4.04. The molecule has 6 nitrogen and oxygen atoms in total. The van der Waals surface area contributed by atoms with Crippen LogP contribution in [0.4, 0.5) is 0 Å². The van der Waals surface area contributed by atoms with Crippen LogP contribution < -0.4 is 0 Å². The average Bonchev–Trinajstić information content (AvgIpc) is 2.96. The number of hydrogen-bond donors (Lipinski definition) is 1. The maximum atomic E-state index is 12.3. The number of hydrogen-bond acceptors (Lipinski definition) is 4. The molecule has 3 unspecified atom stereocenters. The van der Waals surface area contributed by atoms with E-state index in [-0.39, 0.29) is 18.0 Å². The highest BCUT2D eigenvalue weighted by atomic mass is 16.4. The topological polar surface area (TPSA) is 83.4 Å². The molecule has 0 saturated carbocycles. The Kier molecular flexibility index (Phi) is 2.50. The molecule has 0 spiro atoms. The zero-order valence-corrected chi connectivity index (χ0v) is 9.69. The maximum absolute atomic E-state index is 12.3. The molecule has 94 valence electrons. The number of nitrogens with zero attached hydrogens (tertiary/aromatic N) is 3. The van der Waals surface area contributed by atoms with E-state index in [1.165, 1.54) is 12.4 Å². The molecular formula is C12H13N3O3. The van der Waals surface area contributed by atoms with E-state index in [0.29, 0.717) is 12.0 Å². The molecule has 1 aromatic rings. The predicted octanol–water partition coefficient (Wildman–Crippen LogP) is 0.554. The molecule has 2 saturated heterocycles. The molecule has 2 bridgehead atoms. The zero-order chi connectivity index (χ0) is 12.7. The van der Waals surface area contributed by atoms with Crippen LogP contribution in [0.5, 0.6) is 0 Å². The Hall–Kier alpha value is -1.98. The first-order valence-corrected chi connectivity index (χ1v) is 6.00. The SMILES string of the molecule is O=C(O)C1CC2CCC1N2C(=O)c1ccnnc1. The van der Waals surface area contributed by atoms with E-state index in [4.69, 9.17) is 5.11 Å². The van der Waals surface area contributed by atoms with E-state index >= 15 is 0 Å². The van der Waals surface area contributed by atoms with Crippen LogP contribution in [0.3, 0.4) is 0 Å². The Labute approximate surface area is 104 Å². The minimum Gasteiger partial charge on any atom is -0.481 e. The Morgan fingerprint density at radius 1 is 1.33 bits per heavy atom. The second-order valence-electron chi connectivity index (χ2n) is 4.82. The van der Waals surface area contributed by atoms with Crippen molar-refractivity contribution in [3.05, 3.63) is 24.0 Å². The summed E-state index contributed by atoms with van der Waals surface area (Å²) in [4.78, 5) is 25.2. The first-order chi connectivity index (χ1) is 8.68. The van der Waals surface area contributed by atoms with Crippen LogP contribution in [0.25, 0.3) is 0 Å². The van der Waals surface area contributed by atoms with E-state index in [2.05, 4.69) is 10.2 Å². The first-order valence-electron chi connectivity index (χ1n) is 6.00. The van der Waals surface area contributed by atoms with Crippen LogP contribution in [0.15, 0.2) is 18.5 Å². The number of fused-ring (bicyclic) bond motifs is 2. The number of carbonyl (C=O) groups excluding carboxylic acids is 1. The molecule has 1 aromatic heterocycles. The van der Waals surface area contributed by atoms with Gasteiger partial charge in [0, 0.05) is 12.1 Å². The molecule has 6 heteroatoms. The highest BCUT2D eigenvalue weighted by molar-refractivity contribution is 5.95. The lowest BCUT2D eigenvalue weighted by Crippen LogP contribution is -2.37. The minimum atomic E-state index is -0.798. The summed E-state index contributed by atoms with van der Waals surface area (Å²) in [6, 6.07) is 1.52. The van der Waals surface area contributed by atoms with Crippen molar-refractivity contribution in [2.75, 3.05) is 0 Å². The van der Waals surface area contributed by atoms with Gasteiger partial charge >= 0.3 is 5.97 Å². The third kappa shape index (κ3) is 1.56. The van der Waals surface area contributed by atoms with Crippen molar-refractivity contribution >= 4 is 11.9 Å². The van der Waals surface area contributed by atoms with Gasteiger partial charge in [-0.2, -0.15) is 10.2 Å². The molecule has 2 aliphatic heterocycles. The van der Waals surface area contributed by atoms with E-state index in [1.807, 2.05) is 0 Å². The van der Waals surface area contributed by atoms with E-state index in [0.717, 1.165) is 12.8 Å². The van der Waals surface area contributed by atoms with E-state index < -0.39 is 11.9 Å². The number of carboxylic acid groups (broad SMARTS) is 1. The second-order valence-corrected chi connectivity index (χ2v) is 4.82. The zero-order valence-electron chi connectivity index (χ0n) is 9.69. The standard InChI is InChI=1S/C12H13N3O3/c16-11(7-3-4-13-14-6-7)15-8-1-2-10(15)9(5-8)12(17)18/h3-4,6,8-10H,1-2,5H2,(H,17,18). The lowest BCUT2D eigenvalue weighted by Gasteiger charge is -2.22. The van der Waals surface area contributed by atoms with Gasteiger partial charge in [0.1, 0.15) is 0 Å². The number of rotatable bonds is 2. The highest BCUT2D eigenvalue weighted by Crippen LogP contribution is 2.42. The third-order valence-corrected chi connectivity index (χ3v) is 3.92. The van der Waals surface area contributed by atoms with Gasteiger partial charge in [0.15, 0.2) is 0 Å². The molecule has 3 rings (SSSR count). The fraction of sp³-hybridized carbons (Fsp3) is 0.500. The summed E-state index contributed by atoms with van der Waals surface area (Å²) in [6.07, 6.45) is 5.16. The van der Waals surface area contributed by atoms with Gasteiger partial charge in [-0.05, 0) is 25.3 Å². The van der Waals surface area contributed by atoms with Gasteiger partial charge in [-0.15, -0.1) is 0 Å². The van der Waals surface area contributed by atoms with Gasteiger partial charge < -0.3 is 10.0 Å². The molecule has 2 aliphatic rings. The van der Waals surface area contributed by atoms with Crippen molar-refractivity contribution in [3.8, 4) is 0 Å². The lowest BCUT2D eigenvalue weighted by atomic mass is 9.89. The molecule has 18 heavy (non-hydrogen) atoms. The number of aliphatic carboxylic acids is 1. The average molecular weight is 247 g/mol. The quantitative estimate of drug-likeness (QED) is 0.825. The summed E-state index contributed by atoms with van der Waals surface area (Å²) >= 11 is 0. The summed E-state index contributed by atoms with van der Waals surface area (Å²) in [5.74, 6) is -1.34. The fourth-order valence-corrected chi connectivity index (χ4v) is 3.14. The first kappa shape index (κ1) is 11.1. The van der Waals surface area contributed by atoms with Crippen molar-refractivity contribution in [2.45, 2.75) is 31.3 Å². The molecule has 3 heterocycles. The molecule has 1 amide bonds. The van der Waals surface area contributed by atoms with Gasteiger partial charge in [0.05, 0.1) is 23.9 Å². The number of carboxylic acids is 1. The van der Waals surface area contributed by atoms with Gasteiger partial charge in [-0.25, -0.2) is 0 Å². The molecule has 0 aliphatic carbocycles. The summed E-state index contributed by atoms with van der Waals surface area (Å²) in [5.41, 5.74) is 0.480. The monoisotopic (exact) mass is 247 g/mol. The minimum absolute atomic E-state index is 0.0664. The van der Waals surface area contributed by atoms with Crippen LogP contribution in [0.2, 0.25) is 0 Å². The highest BCUT2D eigenvalue weighted by Gasteiger charge is 2.51. The molecule has 3 atom stereocenters. The Bertz CT molecular complexity index is 491. The summed E-state index contributed by atoms with van der Waals surface area (Å²) in [7, 11) is 0. The summed E-state index contributed by atoms with van der Waals surface area (Å²) in [6.45, 7) is 0. The normalized spacial score (nSPS) is 29.6. The van der Waals surface area contributed by atoms with Gasteiger partial charge in [-0.1, -0.05) is 0 Å². The van der Waals surface area contributed by atoms with Gasteiger partial charge in [-0.3, -0.25) is 9.59 Å². The predicted molar refractivity (Wildman–Crippen MR) is 60.8 cm³/mol. The van der Waals surface area contributed by atoms with Crippen LogP contribution in [-0.2, 0) is 4.79 Å². The van der Waals surface area contributed by atoms with Crippen molar-refractivity contribution in [1.29, 1.82) is 0 Å². The number of aromatic nitrogens is 2. The van der Waals surface area contributed by atoms with Gasteiger partial charge in [0.2, 0.25) is 0 Å². The van der Waals surface area contributed by atoms with Crippen LogP contribution in [0.1, 0.15) is 29.6 Å².